The molecule has 0 unspecified atom stereocenters. The van der Waals surface area contributed by atoms with Gasteiger partial charge in [0.25, 0.3) is 0 Å². The molecule has 0 aromatic carbocycles. The van der Waals surface area contributed by atoms with E-state index in [0.29, 0.717) is 6.42 Å². The molecule has 1 aliphatic rings. The lowest BCUT2D eigenvalue weighted by Crippen LogP contribution is -2.30. The minimum atomic E-state index is -0.112. The zero-order chi connectivity index (χ0) is 7.40. The van der Waals surface area contributed by atoms with Gasteiger partial charge in [-0.05, 0) is 12.8 Å². The van der Waals surface area contributed by atoms with Crippen LogP contribution in [0.3, 0.4) is 0 Å². The molecule has 0 aromatic heterocycles. The summed E-state index contributed by atoms with van der Waals surface area (Å²) in [4.78, 5) is 12.5. The highest BCUT2D eigenvalue weighted by Crippen LogP contribution is 2.09. The molecule has 3 nitrogen and oxygen atoms in total. The van der Waals surface area contributed by atoms with Crippen LogP contribution in [-0.2, 0) is 4.79 Å². The van der Waals surface area contributed by atoms with Crippen LogP contribution in [0, 0.1) is 0 Å². The molecule has 1 aliphatic heterocycles. The van der Waals surface area contributed by atoms with Crippen molar-refractivity contribution < 1.29 is 9.90 Å². The van der Waals surface area contributed by atoms with Crippen LogP contribution in [0.25, 0.3) is 0 Å². The summed E-state index contributed by atoms with van der Waals surface area (Å²) in [6, 6.07) is 0. The monoisotopic (exact) mass is 143 g/mol. The van der Waals surface area contributed by atoms with E-state index in [1.54, 1.807) is 0 Å². The topological polar surface area (TPSA) is 40.5 Å². The number of nitrogens with zero attached hydrogens (tertiary/aromatic N) is 1. The highest BCUT2D eigenvalue weighted by molar-refractivity contribution is 5.76. The van der Waals surface area contributed by atoms with Gasteiger partial charge < -0.3 is 10.0 Å². The van der Waals surface area contributed by atoms with E-state index >= 15 is 0 Å². The third-order valence-electron chi connectivity index (χ3n) is 1.84. The third-order valence-corrected chi connectivity index (χ3v) is 1.84. The lowest BCUT2D eigenvalue weighted by Gasteiger charge is -2.15. The second-order valence-corrected chi connectivity index (χ2v) is 2.61. The Hall–Kier alpha value is -0.570. The van der Waals surface area contributed by atoms with Crippen LogP contribution >= 0.6 is 0 Å². The Labute approximate surface area is 60.6 Å². The average Bonchev–Trinajstić information content (AvgIpc) is 2.13. The van der Waals surface area contributed by atoms with Crippen molar-refractivity contribution in [2.45, 2.75) is 25.7 Å². The predicted octanol–water partition coefficient (Wildman–Crippen LogP) is 0.339. The molecule has 1 fully saturated rings. The molecule has 0 aliphatic carbocycles. The van der Waals surface area contributed by atoms with Crippen molar-refractivity contribution in [1.29, 1.82) is 0 Å². The quantitative estimate of drug-likeness (QED) is 0.575. The van der Waals surface area contributed by atoms with E-state index in [9.17, 15) is 4.79 Å². The van der Waals surface area contributed by atoms with E-state index in [-0.39, 0.29) is 12.6 Å². The minimum absolute atomic E-state index is 0.0972. The van der Waals surface area contributed by atoms with Gasteiger partial charge in [-0.1, -0.05) is 6.42 Å². The largest absolute Gasteiger partial charge is 0.376 e. The number of hydrogen-bond acceptors (Lipinski definition) is 2. The van der Waals surface area contributed by atoms with Crippen LogP contribution in [0.15, 0.2) is 0 Å². The molecule has 0 aromatic rings. The van der Waals surface area contributed by atoms with Gasteiger partial charge in [0, 0.05) is 13.0 Å². The SMILES string of the molecule is O=C1CCCCCN1CO. The van der Waals surface area contributed by atoms with Crippen molar-refractivity contribution in [2.24, 2.45) is 0 Å². The number of likely N-dealkylation sites (tertiary alicyclic amines) is 1. The average molecular weight is 143 g/mol. The first kappa shape index (κ1) is 7.54. The smallest absolute Gasteiger partial charge is 0.224 e. The van der Waals surface area contributed by atoms with Crippen LogP contribution in [0.2, 0.25) is 0 Å². The normalized spacial score (nSPS) is 20.9. The molecule has 0 bridgehead atoms. The van der Waals surface area contributed by atoms with Gasteiger partial charge >= 0.3 is 0 Å². The van der Waals surface area contributed by atoms with Crippen molar-refractivity contribution in [3.8, 4) is 0 Å². The zero-order valence-electron chi connectivity index (χ0n) is 6.05. The molecular weight excluding hydrogens is 130 g/mol. The molecular formula is C7H13NO2. The summed E-state index contributed by atoms with van der Waals surface area (Å²) in [5.74, 6) is 0.0972. The van der Waals surface area contributed by atoms with E-state index < -0.39 is 0 Å². The van der Waals surface area contributed by atoms with Crippen LogP contribution in [-0.4, -0.2) is 29.2 Å². The second-order valence-electron chi connectivity index (χ2n) is 2.61. The van der Waals surface area contributed by atoms with Crippen LogP contribution < -0.4 is 0 Å². The lowest BCUT2D eigenvalue weighted by atomic mass is 10.2. The number of aliphatic hydroxyl groups excluding tert-OH is 1. The molecule has 0 spiro atoms. The molecule has 0 saturated carbocycles. The minimum Gasteiger partial charge on any atom is -0.376 e. The fourth-order valence-corrected chi connectivity index (χ4v) is 1.19. The van der Waals surface area contributed by atoms with Crippen molar-refractivity contribution in [3.63, 3.8) is 0 Å². The number of hydrogen-bond donors (Lipinski definition) is 1. The first-order chi connectivity index (χ1) is 4.84. The molecule has 1 rings (SSSR count). The Morgan fingerprint density at radius 1 is 1.40 bits per heavy atom. The number of amides is 1. The number of carbonyl (C=O) groups excluding carboxylic acids is 1. The first-order valence-electron chi connectivity index (χ1n) is 3.73. The van der Waals surface area contributed by atoms with Gasteiger partial charge in [-0.3, -0.25) is 4.79 Å². The summed E-state index contributed by atoms with van der Waals surface area (Å²) in [5.41, 5.74) is 0. The molecule has 10 heavy (non-hydrogen) atoms. The van der Waals surface area contributed by atoms with E-state index in [0.717, 1.165) is 25.8 Å². The molecule has 1 saturated heterocycles. The Morgan fingerprint density at radius 3 is 2.90 bits per heavy atom. The van der Waals surface area contributed by atoms with Gasteiger partial charge in [0.15, 0.2) is 0 Å². The third kappa shape index (κ3) is 1.70. The fraction of sp³-hybridized carbons (Fsp3) is 0.857. The molecule has 1 N–H and O–H groups in total. The second kappa shape index (κ2) is 3.56. The maximum Gasteiger partial charge on any atom is 0.224 e. The van der Waals surface area contributed by atoms with Crippen LogP contribution in [0.1, 0.15) is 25.7 Å². The van der Waals surface area contributed by atoms with E-state index in [4.69, 9.17) is 5.11 Å². The number of carbonyl (C=O) groups is 1. The molecule has 0 atom stereocenters. The predicted molar refractivity (Wildman–Crippen MR) is 37.3 cm³/mol. The zero-order valence-corrected chi connectivity index (χ0v) is 6.05. The molecule has 1 amide bonds. The van der Waals surface area contributed by atoms with Gasteiger partial charge in [-0.2, -0.15) is 0 Å². The highest BCUT2D eigenvalue weighted by atomic mass is 16.3. The van der Waals surface area contributed by atoms with Crippen molar-refractivity contribution in [3.05, 3.63) is 0 Å². The Kier molecular flexibility index (Phi) is 2.68. The molecule has 0 radical (unpaired) electrons. The summed E-state index contributed by atoms with van der Waals surface area (Å²) in [6.45, 7) is 0.619. The first-order valence-corrected chi connectivity index (χ1v) is 3.73. The van der Waals surface area contributed by atoms with E-state index in [1.807, 2.05) is 0 Å². The van der Waals surface area contributed by atoms with Gasteiger partial charge in [0.05, 0.1) is 0 Å². The summed E-state index contributed by atoms with van der Waals surface area (Å²) >= 11 is 0. The van der Waals surface area contributed by atoms with Gasteiger partial charge in [-0.15, -0.1) is 0 Å². The molecule has 3 heteroatoms. The number of rotatable bonds is 1. The fourth-order valence-electron chi connectivity index (χ4n) is 1.19. The van der Waals surface area contributed by atoms with Gasteiger partial charge in [-0.25, -0.2) is 0 Å². The molecule has 1 heterocycles. The summed E-state index contributed by atoms with van der Waals surface area (Å²) in [7, 11) is 0. The highest BCUT2D eigenvalue weighted by Gasteiger charge is 2.14. The maximum absolute atomic E-state index is 11.0. The standard InChI is InChI=1S/C7H13NO2/c9-6-8-5-3-1-2-4-7(8)10/h9H,1-6H2. The Balaban J connectivity index is 2.43. The van der Waals surface area contributed by atoms with Crippen LogP contribution in [0.5, 0.6) is 0 Å². The Morgan fingerprint density at radius 2 is 2.20 bits per heavy atom. The van der Waals surface area contributed by atoms with E-state index in [1.165, 1.54) is 4.90 Å². The van der Waals surface area contributed by atoms with Crippen molar-refractivity contribution >= 4 is 5.91 Å². The van der Waals surface area contributed by atoms with Crippen molar-refractivity contribution in [2.75, 3.05) is 13.3 Å². The maximum atomic E-state index is 11.0. The summed E-state index contributed by atoms with van der Waals surface area (Å²) < 4.78 is 0. The number of aliphatic hydroxyl groups is 1. The summed E-state index contributed by atoms with van der Waals surface area (Å²) in [6.07, 6.45) is 3.74. The van der Waals surface area contributed by atoms with Crippen molar-refractivity contribution in [1.82, 2.24) is 4.90 Å². The molecule has 58 valence electrons. The van der Waals surface area contributed by atoms with Gasteiger partial charge in [0.2, 0.25) is 5.91 Å². The lowest BCUT2D eigenvalue weighted by molar-refractivity contribution is -0.134. The van der Waals surface area contributed by atoms with Gasteiger partial charge in [0.1, 0.15) is 6.73 Å². The van der Waals surface area contributed by atoms with Crippen LogP contribution in [0.4, 0.5) is 0 Å². The Bertz CT molecular complexity index is 125. The van der Waals surface area contributed by atoms with E-state index in [2.05, 4.69) is 0 Å². The summed E-state index contributed by atoms with van der Waals surface area (Å²) in [5, 5.41) is 8.69.